The molecule has 1 rings (SSSR count). The van der Waals surface area contributed by atoms with Gasteiger partial charge < -0.3 is 10.5 Å². The molecule has 4 nitrogen and oxygen atoms in total. The van der Waals surface area contributed by atoms with Gasteiger partial charge in [0.1, 0.15) is 10.7 Å². The predicted molar refractivity (Wildman–Crippen MR) is 51.2 cm³/mol. The molecule has 0 spiro atoms. The molecule has 16 heavy (non-hydrogen) atoms. The third-order valence-corrected chi connectivity index (χ3v) is 2.17. The van der Waals surface area contributed by atoms with E-state index in [2.05, 4.69) is 25.7 Å². The van der Waals surface area contributed by atoms with Gasteiger partial charge in [-0.2, -0.15) is 5.26 Å². The Morgan fingerprint density at radius 3 is 2.62 bits per heavy atom. The largest absolute Gasteiger partial charge is 0.574 e. The molecule has 1 aromatic rings. The van der Waals surface area contributed by atoms with Gasteiger partial charge in [-0.3, -0.25) is 0 Å². The number of hydrogen-bond donors (Lipinski definition) is 1. The van der Waals surface area contributed by atoms with E-state index in [0.29, 0.717) is 0 Å². The van der Waals surface area contributed by atoms with Gasteiger partial charge in [0.05, 0.1) is 5.56 Å². The van der Waals surface area contributed by atoms with Gasteiger partial charge in [-0.05, 0) is 22.0 Å². The monoisotopic (exact) mass is 295 g/mol. The fourth-order valence-electron chi connectivity index (χ4n) is 0.939. The molecule has 1 aromatic heterocycles. The van der Waals surface area contributed by atoms with E-state index in [1.165, 1.54) is 6.07 Å². The van der Waals surface area contributed by atoms with E-state index in [1.807, 2.05) is 0 Å². The Kier molecular flexibility index (Phi) is 3.72. The van der Waals surface area contributed by atoms with Gasteiger partial charge in [0, 0.05) is 12.1 Å². The standard InChI is InChI=1S/C8H5BrF3N3O/c9-6-4(2-13)1-5(3-14)7(15-6)16-8(10,11)12/h1H,3,14H2. The molecule has 0 atom stereocenters. The van der Waals surface area contributed by atoms with Crippen molar-refractivity contribution in [2.24, 2.45) is 5.73 Å². The van der Waals surface area contributed by atoms with Crippen LogP contribution >= 0.6 is 15.9 Å². The second kappa shape index (κ2) is 4.67. The number of aromatic nitrogens is 1. The summed E-state index contributed by atoms with van der Waals surface area (Å²) in [5.74, 6) is -0.652. The number of pyridine rings is 1. The maximum absolute atomic E-state index is 12.0. The van der Waals surface area contributed by atoms with Crippen LogP contribution in [0.2, 0.25) is 0 Å². The second-order valence-electron chi connectivity index (χ2n) is 2.65. The van der Waals surface area contributed by atoms with Gasteiger partial charge in [0.15, 0.2) is 0 Å². The lowest BCUT2D eigenvalue weighted by molar-refractivity contribution is -0.276. The lowest BCUT2D eigenvalue weighted by atomic mass is 10.2. The van der Waals surface area contributed by atoms with Crippen molar-refractivity contribution in [3.8, 4) is 11.9 Å². The number of ether oxygens (including phenoxy) is 1. The molecule has 8 heteroatoms. The fourth-order valence-corrected chi connectivity index (χ4v) is 1.30. The van der Waals surface area contributed by atoms with Crippen molar-refractivity contribution in [3.05, 3.63) is 21.8 Å². The highest BCUT2D eigenvalue weighted by Gasteiger charge is 2.33. The van der Waals surface area contributed by atoms with Gasteiger partial charge in [0.25, 0.3) is 0 Å². The van der Waals surface area contributed by atoms with Crippen LogP contribution in [0.4, 0.5) is 13.2 Å². The summed E-state index contributed by atoms with van der Waals surface area (Å²) in [5, 5.41) is 8.64. The zero-order chi connectivity index (χ0) is 12.3. The smallest absolute Gasteiger partial charge is 0.387 e. The zero-order valence-corrected chi connectivity index (χ0v) is 9.26. The van der Waals surface area contributed by atoms with E-state index in [4.69, 9.17) is 11.0 Å². The van der Waals surface area contributed by atoms with Gasteiger partial charge in [0.2, 0.25) is 5.88 Å². The topological polar surface area (TPSA) is 71.9 Å². The van der Waals surface area contributed by atoms with Crippen LogP contribution in [0.15, 0.2) is 10.7 Å². The van der Waals surface area contributed by atoms with Crippen molar-refractivity contribution in [3.63, 3.8) is 0 Å². The van der Waals surface area contributed by atoms with E-state index in [0.717, 1.165) is 0 Å². The molecule has 0 aliphatic heterocycles. The Morgan fingerprint density at radius 1 is 1.56 bits per heavy atom. The van der Waals surface area contributed by atoms with E-state index in [9.17, 15) is 13.2 Å². The van der Waals surface area contributed by atoms with E-state index < -0.39 is 12.2 Å². The van der Waals surface area contributed by atoms with Crippen LogP contribution < -0.4 is 10.5 Å². The van der Waals surface area contributed by atoms with E-state index in [-0.39, 0.29) is 22.3 Å². The average molecular weight is 296 g/mol. The molecule has 1 heterocycles. The first-order valence-electron chi connectivity index (χ1n) is 3.92. The molecule has 0 radical (unpaired) electrons. The first-order chi connectivity index (χ1) is 7.37. The Hall–Kier alpha value is -1.33. The van der Waals surface area contributed by atoms with Crippen molar-refractivity contribution in [2.45, 2.75) is 12.9 Å². The van der Waals surface area contributed by atoms with E-state index >= 15 is 0 Å². The Bertz CT molecular complexity index is 441. The lowest BCUT2D eigenvalue weighted by Gasteiger charge is -2.11. The number of nitriles is 1. The molecule has 0 aliphatic carbocycles. The first-order valence-corrected chi connectivity index (χ1v) is 4.72. The number of rotatable bonds is 2. The summed E-state index contributed by atoms with van der Waals surface area (Å²) >= 11 is 2.86. The van der Waals surface area contributed by atoms with Crippen molar-refractivity contribution in [1.82, 2.24) is 4.98 Å². The summed E-state index contributed by atoms with van der Waals surface area (Å²) < 4.78 is 39.6. The highest BCUT2D eigenvalue weighted by Crippen LogP contribution is 2.27. The second-order valence-corrected chi connectivity index (χ2v) is 3.41. The third kappa shape index (κ3) is 3.08. The van der Waals surface area contributed by atoms with Crippen molar-refractivity contribution >= 4 is 15.9 Å². The van der Waals surface area contributed by atoms with Crippen LogP contribution in [0.3, 0.4) is 0 Å². The quantitative estimate of drug-likeness (QED) is 0.848. The highest BCUT2D eigenvalue weighted by atomic mass is 79.9. The molecule has 0 saturated carbocycles. The van der Waals surface area contributed by atoms with E-state index in [1.54, 1.807) is 6.07 Å². The molecule has 0 bridgehead atoms. The SMILES string of the molecule is N#Cc1cc(CN)c(OC(F)(F)F)nc1Br. The molecule has 0 amide bonds. The Morgan fingerprint density at radius 2 is 2.19 bits per heavy atom. The Balaban J connectivity index is 3.20. The van der Waals surface area contributed by atoms with Gasteiger partial charge >= 0.3 is 6.36 Å². The number of halogens is 4. The van der Waals surface area contributed by atoms with Crippen LogP contribution in [-0.4, -0.2) is 11.3 Å². The summed E-state index contributed by atoms with van der Waals surface area (Å²) in [6.07, 6.45) is -4.84. The highest BCUT2D eigenvalue weighted by molar-refractivity contribution is 9.10. The minimum Gasteiger partial charge on any atom is -0.387 e. The van der Waals surface area contributed by atoms with Crippen molar-refractivity contribution < 1.29 is 17.9 Å². The molecular formula is C8H5BrF3N3O. The van der Waals surface area contributed by atoms with Crippen molar-refractivity contribution in [2.75, 3.05) is 0 Å². The summed E-state index contributed by atoms with van der Waals surface area (Å²) in [6.45, 7) is -0.208. The van der Waals surface area contributed by atoms with Gasteiger partial charge in [-0.25, -0.2) is 4.98 Å². The maximum Gasteiger partial charge on any atom is 0.574 e. The Labute approximate surface area is 97.0 Å². The summed E-state index contributed by atoms with van der Waals surface area (Å²) in [7, 11) is 0. The number of nitrogens with two attached hydrogens (primary N) is 1. The summed E-state index contributed by atoms with van der Waals surface area (Å²) in [5.41, 5.74) is 5.33. The minimum atomic E-state index is -4.84. The van der Waals surface area contributed by atoms with Crippen LogP contribution in [0.1, 0.15) is 11.1 Å². The van der Waals surface area contributed by atoms with Gasteiger partial charge in [-0.1, -0.05) is 0 Å². The normalized spacial score (nSPS) is 11.0. The molecule has 0 aliphatic rings. The molecular weight excluding hydrogens is 291 g/mol. The number of nitrogens with zero attached hydrogens (tertiary/aromatic N) is 2. The number of alkyl halides is 3. The predicted octanol–water partition coefficient (Wildman–Crippen LogP) is 2.07. The van der Waals surface area contributed by atoms with Crippen LogP contribution in [0.25, 0.3) is 0 Å². The number of hydrogen-bond acceptors (Lipinski definition) is 4. The molecule has 2 N–H and O–H groups in total. The minimum absolute atomic E-state index is 0.0112. The fraction of sp³-hybridized carbons (Fsp3) is 0.250. The summed E-state index contributed by atoms with van der Waals surface area (Å²) in [4.78, 5) is 3.47. The average Bonchev–Trinajstić information content (AvgIpc) is 2.16. The first kappa shape index (κ1) is 12.7. The van der Waals surface area contributed by atoms with Crippen LogP contribution in [-0.2, 0) is 6.54 Å². The van der Waals surface area contributed by atoms with Crippen molar-refractivity contribution in [1.29, 1.82) is 5.26 Å². The van der Waals surface area contributed by atoms with Crippen LogP contribution in [0, 0.1) is 11.3 Å². The molecule has 0 saturated heterocycles. The third-order valence-electron chi connectivity index (χ3n) is 1.57. The maximum atomic E-state index is 12.0. The lowest BCUT2D eigenvalue weighted by Crippen LogP contribution is -2.20. The van der Waals surface area contributed by atoms with Crippen LogP contribution in [0.5, 0.6) is 5.88 Å². The summed E-state index contributed by atoms with van der Waals surface area (Å²) in [6, 6.07) is 2.95. The molecule has 0 unspecified atom stereocenters. The molecule has 86 valence electrons. The molecule has 0 aromatic carbocycles. The zero-order valence-electron chi connectivity index (χ0n) is 7.68. The molecule has 0 fully saturated rings. The van der Waals surface area contributed by atoms with Gasteiger partial charge in [-0.15, -0.1) is 13.2 Å².